The van der Waals surface area contributed by atoms with Crippen molar-refractivity contribution in [2.24, 2.45) is 5.92 Å². The third kappa shape index (κ3) is 5.05. The average molecular weight is 429 g/mol. The largest absolute Gasteiger partial charge is 0.497 e. The molecule has 0 aliphatic rings. The number of aryl methyl sites for hydroxylation is 1. The van der Waals surface area contributed by atoms with Gasteiger partial charge in [0.25, 0.3) is 5.56 Å². The number of ether oxygens (including phenoxy) is 1. The Kier molecular flexibility index (Phi) is 6.87. The number of amides is 1. The molecule has 1 amide bonds. The molecule has 8 heteroatoms. The summed E-state index contributed by atoms with van der Waals surface area (Å²) in [4.78, 5) is 33.2. The molecule has 7 nitrogen and oxygen atoms in total. The highest BCUT2D eigenvalue weighted by atomic mass is 32.2. The van der Waals surface area contributed by atoms with E-state index in [0.717, 1.165) is 17.0 Å². The zero-order chi connectivity index (χ0) is 21.8. The summed E-state index contributed by atoms with van der Waals surface area (Å²) in [5.74, 6) is 1.08. The highest BCUT2D eigenvalue weighted by molar-refractivity contribution is 7.99. The Balaban J connectivity index is 1.75. The van der Waals surface area contributed by atoms with Crippen LogP contribution in [0.15, 0.2) is 40.3 Å². The maximum Gasteiger partial charge on any atom is 0.278 e. The van der Waals surface area contributed by atoms with E-state index in [1.54, 1.807) is 11.7 Å². The van der Waals surface area contributed by atoms with Gasteiger partial charge in [0.1, 0.15) is 11.3 Å². The molecular formula is C22H28N4O3S. The van der Waals surface area contributed by atoms with Crippen molar-refractivity contribution >= 4 is 28.7 Å². The molecule has 2 aromatic heterocycles. The number of H-pyrrole nitrogens is 1. The van der Waals surface area contributed by atoms with Crippen molar-refractivity contribution in [3.8, 4) is 5.75 Å². The molecule has 0 fully saturated rings. The molecule has 30 heavy (non-hydrogen) atoms. The fraction of sp³-hybridized carbons (Fsp3) is 0.409. The number of rotatable bonds is 8. The number of methoxy groups -OCH3 is 1. The van der Waals surface area contributed by atoms with Crippen LogP contribution in [0.5, 0.6) is 5.75 Å². The van der Waals surface area contributed by atoms with Crippen LogP contribution in [0, 0.1) is 12.8 Å². The summed E-state index contributed by atoms with van der Waals surface area (Å²) in [6.07, 6.45) is 0. The molecule has 1 atom stereocenters. The fourth-order valence-corrected chi connectivity index (χ4v) is 4.07. The molecule has 160 valence electrons. The minimum absolute atomic E-state index is 0.102. The van der Waals surface area contributed by atoms with Gasteiger partial charge < -0.3 is 15.0 Å². The predicted octanol–water partition coefficient (Wildman–Crippen LogP) is 3.67. The van der Waals surface area contributed by atoms with Gasteiger partial charge in [0.2, 0.25) is 5.91 Å². The standard InChI is InChI=1S/C22H28N4O3S/c1-13(2)11-26-21(28)20-18(9-14(3)23-20)25-22(26)30-12-19(27)24-15(4)16-7-6-8-17(10-16)29-5/h6-10,13,15,23H,11-12H2,1-5H3,(H,24,27)/t15-/m1/s1. The smallest absolute Gasteiger partial charge is 0.278 e. The van der Waals surface area contributed by atoms with Crippen LogP contribution < -0.4 is 15.6 Å². The van der Waals surface area contributed by atoms with Gasteiger partial charge in [-0.15, -0.1) is 0 Å². The van der Waals surface area contributed by atoms with E-state index in [9.17, 15) is 9.59 Å². The molecule has 3 rings (SSSR count). The second-order valence-electron chi connectivity index (χ2n) is 7.77. The molecule has 1 aromatic carbocycles. The SMILES string of the molecule is COc1cccc([C@@H](C)NC(=O)CSc2nc3cc(C)[nH]c3c(=O)n2CC(C)C)c1. The number of hydrogen-bond donors (Lipinski definition) is 2. The first-order valence-electron chi connectivity index (χ1n) is 9.94. The zero-order valence-electron chi connectivity index (χ0n) is 18.0. The lowest BCUT2D eigenvalue weighted by Crippen LogP contribution is -2.29. The topological polar surface area (TPSA) is 89.0 Å². The highest BCUT2D eigenvalue weighted by Crippen LogP contribution is 2.21. The third-order valence-corrected chi connectivity index (χ3v) is 5.67. The Morgan fingerprint density at radius 2 is 2.07 bits per heavy atom. The van der Waals surface area contributed by atoms with Crippen LogP contribution in [0.1, 0.15) is 38.1 Å². The Morgan fingerprint density at radius 1 is 1.30 bits per heavy atom. The van der Waals surface area contributed by atoms with Crippen LogP contribution in [0.25, 0.3) is 11.0 Å². The Bertz CT molecular complexity index is 1100. The maximum absolute atomic E-state index is 12.9. The number of benzene rings is 1. The lowest BCUT2D eigenvalue weighted by Gasteiger charge is -2.16. The summed E-state index contributed by atoms with van der Waals surface area (Å²) < 4.78 is 6.91. The van der Waals surface area contributed by atoms with Gasteiger partial charge in [0.05, 0.1) is 24.4 Å². The van der Waals surface area contributed by atoms with Gasteiger partial charge in [-0.3, -0.25) is 14.2 Å². The van der Waals surface area contributed by atoms with Gasteiger partial charge in [-0.05, 0) is 43.5 Å². The van der Waals surface area contributed by atoms with Crippen LogP contribution >= 0.6 is 11.8 Å². The van der Waals surface area contributed by atoms with Gasteiger partial charge in [-0.25, -0.2) is 4.98 Å². The van der Waals surface area contributed by atoms with Crippen LogP contribution in [0.4, 0.5) is 0 Å². The van der Waals surface area contributed by atoms with E-state index >= 15 is 0 Å². The predicted molar refractivity (Wildman–Crippen MR) is 120 cm³/mol. The van der Waals surface area contributed by atoms with Crippen LogP contribution in [-0.2, 0) is 11.3 Å². The summed E-state index contributed by atoms with van der Waals surface area (Å²) >= 11 is 1.28. The number of carbonyl (C=O) groups excluding carboxylic acids is 1. The second kappa shape index (κ2) is 9.38. The van der Waals surface area contributed by atoms with Crippen molar-refractivity contribution in [2.75, 3.05) is 12.9 Å². The molecule has 0 bridgehead atoms. The lowest BCUT2D eigenvalue weighted by molar-refractivity contribution is -0.119. The third-order valence-electron chi connectivity index (χ3n) is 4.69. The van der Waals surface area contributed by atoms with E-state index in [1.807, 2.05) is 58.0 Å². The second-order valence-corrected chi connectivity index (χ2v) is 8.71. The molecule has 0 saturated heterocycles. The summed E-state index contributed by atoms with van der Waals surface area (Å²) in [6.45, 7) is 8.47. The van der Waals surface area contributed by atoms with Crippen molar-refractivity contribution in [3.63, 3.8) is 0 Å². The highest BCUT2D eigenvalue weighted by Gasteiger charge is 2.17. The van der Waals surface area contributed by atoms with Gasteiger partial charge in [0, 0.05) is 12.2 Å². The fourth-order valence-electron chi connectivity index (χ4n) is 3.25. The number of aromatic amines is 1. The number of nitrogens with zero attached hydrogens (tertiary/aromatic N) is 2. The van der Waals surface area contributed by atoms with Gasteiger partial charge in [-0.2, -0.15) is 0 Å². The molecule has 0 radical (unpaired) electrons. The molecule has 0 aliphatic heterocycles. The van der Waals surface area contributed by atoms with Crippen LogP contribution in [0.2, 0.25) is 0 Å². The van der Waals surface area contributed by atoms with E-state index in [4.69, 9.17) is 4.74 Å². The molecule has 0 saturated carbocycles. The molecule has 3 aromatic rings. The molecule has 0 spiro atoms. The maximum atomic E-state index is 12.9. The summed E-state index contributed by atoms with van der Waals surface area (Å²) in [5.41, 5.74) is 2.89. The minimum Gasteiger partial charge on any atom is -0.497 e. The first-order valence-corrected chi connectivity index (χ1v) is 10.9. The monoisotopic (exact) mass is 428 g/mol. The quantitative estimate of drug-likeness (QED) is 0.422. The van der Waals surface area contributed by atoms with E-state index in [0.29, 0.717) is 22.7 Å². The molecule has 2 N–H and O–H groups in total. The van der Waals surface area contributed by atoms with E-state index in [1.165, 1.54) is 11.8 Å². The van der Waals surface area contributed by atoms with Gasteiger partial charge in [0.15, 0.2) is 5.16 Å². The molecular weight excluding hydrogens is 400 g/mol. The number of carbonyl (C=O) groups is 1. The van der Waals surface area contributed by atoms with Gasteiger partial charge >= 0.3 is 0 Å². The van der Waals surface area contributed by atoms with E-state index in [-0.39, 0.29) is 29.2 Å². The van der Waals surface area contributed by atoms with Crippen molar-refractivity contribution in [1.29, 1.82) is 0 Å². The van der Waals surface area contributed by atoms with Crippen molar-refractivity contribution < 1.29 is 9.53 Å². The van der Waals surface area contributed by atoms with Crippen LogP contribution in [0.3, 0.4) is 0 Å². The first-order chi connectivity index (χ1) is 14.3. The number of hydrogen-bond acceptors (Lipinski definition) is 5. The Hall–Kier alpha value is -2.74. The molecule has 2 heterocycles. The normalized spacial score (nSPS) is 12.3. The first kappa shape index (κ1) is 22.0. The average Bonchev–Trinajstić information content (AvgIpc) is 3.09. The van der Waals surface area contributed by atoms with Crippen molar-refractivity contribution in [2.45, 2.75) is 45.4 Å². The Labute approximate surface area is 180 Å². The lowest BCUT2D eigenvalue weighted by atomic mass is 10.1. The van der Waals surface area contributed by atoms with Crippen molar-refractivity contribution in [1.82, 2.24) is 19.9 Å². The zero-order valence-corrected chi connectivity index (χ0v) is 18.8. The minimum atomic E-state index is -0.159. The van der Waals surface area contributed by atoms with E-state index < -0.39 is 0 Å². The summed E-state index contributed by atoms with van der Waals surface area (Å²) in [6, 6.07) is 9.31. The summed E-state index contributed by atoms with van der Waals surface area (Å²) in [7, 11) is 1.62. The summed E-state index contributed by atoms with van der Waals surface area (Å²) in [5, 5.41) is 3.56. The molecule has 0 unspecified atom stereocenters. The van der Waals surface area contributed by atoms with E-state index in [2.05, 4.69) is 15.3 Å². The Morgan fingerprint density at radius 3 is 2.77 bits per heavy atom. The molecule has 0 aliphatic carbocycles. The van der Waals surface area contributed by atoms with Crippen LogP contribution in [-0.4, -0.2) is 33.3 Å². The number of fused-ring (bicyclic) bond motifs is 1. The number of nitrogens with one attached hydrogen (secondary N) is 2. The number of thioether (sulfide) groups is 1. The number of aromatic nitrogens is 3. The van der Waals surface area contributed by atoms with Gasteiger partial charge in [-0.1, -0.05) is 37.7 Å². The van der Waals surface area contributed by atoms with Crippen molar-refractivity contribution in [3.05, 3.63) is 51.9 Å².